The van der Waals surface area contributed by atoms with Crippen molar-refractivity contribution in [3.05, 3.63) is 71.3 Å². The number of aliphatic hydroxyl groups is 1. The number of carbonyl (C=O) groups excluding carboxylic acids is 1. The topological polar surface area (TPSA) is 43.8 Å². The van der Waals surface area contributed by atoms with E-state index >= 15 is 0 Å². The van der Waals surface area contributed by atoms with Crippen molar-refractivity contribution in [2.75, 3.05) is 32.7 Å². The molecule has 25 heavy (non-hydrogen) atoms. The van der Waals surface area contributed by atoms with E-state index in [2.05, 4.69) is 0 Å². The summed E-state index contributed by atoms with van der Waals surface area (Å²) >= 11 is 0. The van der Waals surface area contributed by atoms with Gasteiger partial charge in [0.15, 0.2) is 0 Å². The Morgan fingerprint density at radius 1 is 0.960 bits per heavy atom. The Balaban J connectivity index is 1.58. The van der Waals surface area contributed by atoms with E-state index in [9.17, 15) is 18.7 Å². The molecular formula is C19H20F2N2O2. The Morgan fingerprint density at radius 2 is 1.56 bits per heavy atom. The quantitative estimate of drug-likeness (QED) is 0.925. The lowest BCUT2D eigenvalue weighted by atomic mass is 10.1. The highest BCUT2D eigenvalue weighted by molar-refractivity contribution is 5.94. The number of benzene rings is 2. The van der Waals surface area contributed by atoms with E-state index in [1.165, 1.54) is 11.0 Å². The summed E-state index contributed by atoms with van der Waals surface area (Å²) < 4.78 is 27.5. The van der Waals surface area contributed by atoms with Crippen molar-refractivity contribution in [2.45, 2.75) is 6.10 Å². The fourth-order valence-corrected chi connectivity index (χ4v) is 3.02. The first-order valence-electron chi connectivity index (χ1n) is 8.25. The van der Waals surface area contributed by atoms with Crippen LogP contribution in [-0.4, -0.2) is 53.5 Å². The van der Waals surface area contributed by atoms with E-state index in [1.54, 1.807) is 0 Å². The fraction of sp³-hybridized carbons (Fsp3) is 0.316. The maximum Gasteiger partial charge on any atom is 0.259 e. The van der Waals surface area contributed by atoms with Crippen LogP contribution in [0, 0.1) is 11.6 Å². The number of amides is 1. The third-order valence-corrected chi connectivity index (χ3v) is 4.45. The highest BCUT2D eigenvalue weighted by Crippen LogP contribution is 2.18. The number of halogens is 2. The molecule has 1 amide bonds. The second-order valence-electron chi connectivity index (χ2n) is 6.12. The minimum absolute atomic E-state index is 0.369. The second-order valence-corrected chi connectivity index (χ2v) is 6.12. The normalized spacial score (nSPS) is 16.7. The lowest BCUT2D eigenvalue weighted by Gasteiger charge is -2.35. The summed E-state index contributed by atoms with van der Waals surface area (Å²) in [6.07, 6.45) is -0.604. The van der Waals surface area contributed by atoms with E-state index in [-0.39, 0.29) is 0 Å². The van der Waals surface area contributed by atoms with Crippen LogP contribution in [0.15, 0.2) is 48.5 Å². The molecule has 0 unspecified atom stereocenters. The molecule has 132 valence electrons. The van der Waals surface area contributed by atoms with Gasteiger partial charge in [-0.3, -0.25) is 9.69 Å². The lowest BCUT2D eigenvalue weighted by Crippen LogP contribution is -2.49. The Hall–Kier alpha value is -2.31. The molecule has 6 heteroatoms. The Kier molecular flexibility index (Phi) is 5.40. The van der Waals surface area contributed by atoms with Gasteiger partial charge >= 0.3 is 0 Å². The van der Waals surface area contributed by atoms with Crippen LogP contribution >= 0.6 is 0 Å². The number of hydrogen-bond acceptors (Lipinski definition) is 3. The first-order chi connectivity index (χ1) is 12.1. The third kappa shape index (κ3) is 4.03. The van der Waals surface area contributed by atoms with Gasteiger partial charge in [-0.15, -0.1) is 0 Å². The maximum absolute atomic E-state index is 13.8. The monoisotopic (exact) mass is 346 g/mol. The number of rotatable bonds is 4. The summed E-state index contributed by atoms with van der Waals surface area (Å²) in [7, 11) is 0. The van der Waals surface area contributed by atoms with Crippen molar-refractivity contribution in [2.24, 2.45) is 0 Å². The number of nitrogens with zero attached hydrogens (tertiary/aromatic N) is 2. The zero-order valence-electron chi connectivity index (χ0n) is 13.7. The number of carbonyl (C=O) groups is 1. The molecular weight excluding hydrogens is 326 g/mol. The van der Waals surface area contributed by atoms with Crippen LogP contribution < -0.4 is 0 Å². The van der Waals surface area contributed by atoms with Crippen molar-refractivity contribution in [3.8, 4) is 0 Å². The zero-order valence-corrected chi connectivity index (χ0v) is 13.7. The van der Waals surface area contributed by atoms with Gasteiger partial charge in [-0.2, -0.15) is 0 Å². The molecule has 1 saturated heterocycles. The molecule has 4 nitrogen and oxygen atoms in total. The van der Waals surface area contributed by atoms with Crippen LogP contribution in [0.3, 0.4) is 0 Å². The van der Waals surface area contributed by atoms with E-state index in [0.717, 1.165) is 17.7 Å². The molecule has 1 heterocycles. The molecule has 0 aromatic heterocycles. The van der Waals surface area contributed by atoms with Crippen molar-refractivity contribution < 1.29 is 18.7 Å². The van der Waals surface area contributed by atoms with Crippen LogP contribution in [0.2, 0.25) is 0 Å². The van der Waals surface area contributed by atoms with Gasteiger partial charge in [-0.25, -0.2) is 8.78 Å². The Labute approximate surface area is 145 Å². The van der Waals surface area contributed by atoms with Crippen molar-refractivity contribution in [3.63, 3.8) is 0 Å². The van der Waals surface area contributed by atoms with Crippen molar-refractivity contribution in [1.29, 1.82) is 0 Å². The van der Waals surface area contributed by atoms with Crippen LogP contribution in [0.1, 0.15) is 22.0 Å². The van der Waals surface area contributed by atoms with Crippen molar-refractivity contribution in [1.82, 2.24) is 9.80 Å². The molecule has 2 aromatic carbocycles. The maximum atomic E-state index is 13.8. The summed E-state index contributed by atoms with van der Waals surface area (Å²) in [4.78, 5) is 15.9. The smallest absolute Gasteiger partial charge is 0.259 e. The van der Waals surface area contributed by atoms with Gasteiger partial charge in [0.2, 0.25) is 0 Å². The predicted molar refractivity (Wildman–Crippen MR) is 90.1 cm³/mol. The fourth-order valence-electron chi connectivity index (χ4n) is 3.02. The van der Waals surface area contributed by atoms with E-state index in [4.69, 9.17) is 0 Å². The first-order valence-corrected chi connectivity index (χ1v) is 8.25. The molecule has 1 fully saturated rings. The Bertz CT molecular complexity index is 711. The molecule has 0 radical (unpaired) electrons. The van der Waals surface area contributed by atoms with Gasteiger partial charge in [0.1, 0.15) is 17.2 Å². The van der Waals surface area contributed by atoms with Gasteiger partial charge in [0, 0.05) is 32.7 Å². The number of β-amino-alcohol motifs (C(OH)–C–C–N with tert-alkyl or cyclic N) is 1. The molecule has 1 aliphatic rings. The highest BCUT2D eigenvalue weighted by Gasteiger charge is 2.27. The predicted octanol–water partition coefficient (Wildman–Crippen LogP) is 2.46. The first kappa shape index (κ1) is 17.5. The van der Waals surface area contributed by atoms with E-state index in [1.807, 2.05) is 35.2 Å². The Morgan fingerprint density at radius 3 is 2.16 bits per heavy atom. The molecule has 0 saturated carbocycles. The molecule has 0 spiro atoms. The summed E-state index contributed by atoms with van der Waals surface area (Å²) in [5, 5.41) is 10.3. The molecule has 1 atom stereocenters. The molecule has 3 rings (SSSR count). The minimum atomic E-state index is -0.841. The summed E-state index contributed by atoms with van der Waals surface area (Å²) in [5.74, 6) is -2.31. The molecule has 2 aromatic rings. The molecule has 1 N–H and O–H groups in total. The average Bonchev–Trinajstić information content (AvgIpc) is 2.63. The minimum Gasteiger partial charge on any atom is -0.387 e. The van der Waals surface area contributed by atoms with Crippen molar-refractivity contribution >= 4 is 5.91 Å². The van der Waals surface area contributed by atoms with E-state index in [0.29, 0.717) is 32.7 Å². The molecule has 0 aliphatic carbocycles. The zero-order chi connectivity index (χ0) is 17.8. The summed E-state index contributed by atoms with van der Waals surface area (Å²) in [5.41, 5.74) is 0.342. The second kappa shape index (κ2) is 7.72. The number of hydrogen-bond donors (Lipinski definition) is 1. The van der Waals surface area contributed by atoms with Gasteiger partial charge in [-0.1, -0.05) is 36.4 Å². The largest absolute Gasteiger partial charge is 0.387 e. The summed E-state index contributed by atoms with van der Waals surface area (Å²) in [6, 6.07) is 12.8. The van der Waals surface area contributed by atoms with Gasteiger partial charge < -0.3 is 10.0 Å². The third-order valence-electron chi connectivity index (χ3n) is 4.45. The SMILES string of the molecule is O=C(c1c(F)cccc1F)N1CCN(C[C@@H](O)c2ccccc2)CC1. The average molecular weight is 346 g/mol. The highest BCUT2D eigenvalue weighted by atomic mass is 19.1. The summed E-state index contributed by atoms with van der Waals surface area (Å²) in [6.45, 7) is 2.29. The standard InChI is InChI=1S/C19H20F2N2O2/c20-15-7-4-8-16(21)18(15)19(25)23-11-9-22(10-12-23)13-17(24)14-5-2-1-3-6-14/h1-8,17,24H,9-13H2/t17-/m1/s1. The van der Waals surface area contributed by atoms with E-state index < -0.39 is 29.2 Å². The molecule has 1 aliphatic heterocycles. The van der Waals surface area contributed by atoms with Gasteiger partial charge in [0.25, 0.3) is 5.91 Å². The lowest BCUT2D eigenvalue weighted by molar-refractivity contribution is 0.0520. The van der Waals surface area contributed by atoms with Crippen LogP contribution in [-0.2, 0) is 0 Å². The van der Waals surface area contributed by atoms with Crippen LogP contribution in [0.4, 0.5) is 8.78 Å². The van der Waals surface area contributed by atoms with Crippen LogP contribution in [0.25, 0.3) is 0 Å². The van der Waals surface area contributed by atoms with Crippen LogP contribution in [0.5, 0.6) is 0 Å². The molecule has 0 bridgehead atoms. The van der Waals surface area contributed by atoms with Gasteiger partial charge in [-0.05, 0) is 17.7 Å². The van der Waals surface area contributed by atoms with Gasteiger partial charge in [0.05, 0.1) is 6.10 Å². The number of piperazine rings is 1. The number of aliphatic hydroxyl groups excluding tert-OH is 1.